The summed E-state index contributed by atoms with van der Waals surface area (Å²) < 4.78 is 5.64. The fourth-order valence-corrected chi connectivity index (χ4v) is 2.86. The second-order valence-electron chi connectivity index (χ2n) is 5.74. The van der Waals surface area contributed by atoms with Crippen LogP contribution in [0.4, 0.5) is 5.69 Å². The van der Waals surface area contributed by atoms with E-state index < -0.39 is 0 Å². The minimum Gasteiger partial charge on any atom is -0.441 e. The molecule has 0 bridgehead atoms. The number of benzene rings is 1. The SMILES string of the molecule is CCc1nc2cc(NC3CCC(C)CC3)ccc2o1. The van der Waals surface area contributed by atoms with E-state index >= 15 is 0 Å². The van der Waals surface area contributed by atoms with Crippen molar-refractivity contribution in [1.82, 2.24) is 4.98 Å². The molecule has 0 spiro atoms. The monoisotopic (exact) mass is 258 g/mol. The number of aromatic nitrogens is 1. The summed E-state index contributed by atoms with van der Waals surface area (Å²) in [5.41, 5.74) is 3.02. The first-order chi connectivity index (χ1) is 9.24. The number of anilines is 1. The molecule has 1 N–H and O–H groups in total. The van der Waals surface area contributed by atoms with Crippen molar-refractivity contribution in [2.45, 2.75) is 52.0 Å². The van der Waals surface area contributed by atoms with Gasteiger partial charge < -0.3 is 9.73 Å². The van der Waals surface area contributed by atoms with Gasteiger partial charge in [-0.1, -0.05) is 13.8 Å². The molecule has 0 amide bonds. The van der Waals surface area contributed by atoms with Gasteiger partial charge in [0, 0.05) is 18.2 Å². The smallest absolute Gasteiger partial charge is 0.195 e. The Hall–Kier alpha value is -1.51. The highest BCUT2D eigenvalue weighted by atomic mass is 16.3. The molecule has 1 saturated carbocycles. The zero-order chi connectivity index (χ0) is 13.2. The third kappa shape index (κ3) is 2.75. The third-order valence-corrected chi connectivity index (χ3v) is 4.12. The lowest BCUT2D eigenvalue weighted by molar-refractivity contribution is 0.361. The molecule has 19 heavy (non-hydrogen) atoms. The number of nitrogens with one attached hydrogen (secondary N) is 1. The van der Waals surface area contributed by atoms with Gasteiger partial charge in [0.25, 0.3) is 0 Å². The van der Waals surface area contributed by atoms with Crippen molar-refractivity contribution >= 4 is 16.8 Å². The van der Waals surface area contributed by atoms with E-state index in [4.69, 9.17) is 4.42 Å². The van der Waals surface area contributed by atoms with Crippen molar-refractivity contribution < 1.29 is 4.42 Å². The highest BCUT2D eigenvalue weighted by molar-refractivity contribution is 5.77. The maximum atomic E-state index is 5.64. The van der Waals surface area contributed by atoms with Crippen LogP contribution in [-0.2, 0) is 6.42 Å². The van der Waals surface area contributed by atoms with Gasteiger partial charge in [0.2, 0.25) is 0 Å². The van der Waals surface area contributed by atoms with E-state index in [1.54, 1.807) is 0 Å². The van der Waals surface area contributed by atoms with Gasteiger partial charge in [0.15, 0.2) is 11.5 Å². The minimum atomic E-state index is 0.617. The highest BCUT2D eigenvalue weighted by Crippen LogP contribution is 2.27. The predicted molar refractivity (Wildman–Crippen MR) is 78.4 cm³/mol. The van der Waals surface area contributed by atoms with Crippen LogP contribution in [0.2, 0.25) is 0 Å². The Kier molecular flexibility index (Phi) is 3.45. The summed E-state index contributed by atoms with van der Waals surface area (Å²) in [6.07, 6.45) is 6.07. The standard InChI is InChI=1S/C16H22N2O/c1-3-16-18-14-10-13(8-9-15(14)19-16)17-12-6-4-11(2)5-7-12/h8-12,17H,3-7H2,1-2H3. The van der Waals surface area contributed by atoms with E-state index in [-0.39, 0.29) is 0 Å². The molecule has 3 heteroatoms. The number of aryl methyl sites for hydroxylation is 1. The summed E-state index contributed by atoms with van der Waals surface area (Å²) in [6, 6.07) is 6.85. The molecule has 0 unspecified atom stereocenters. The van der Waals surface area contributed by atoms with E-state index in [2.05, 4.69) is 36.3 Å². The van der Waals surface area contributed by atoms with E-state index in [0.29, 0.717) is 6.04 Å². The van der Waals surface area contributed by atoms with Gasteiger partial charge in [0.1, 0.15) is 5.52 Å². The summed E-state index contributed by atoms with van der Waals surface area (Å²) in [5.74, 6) is 1.71. The lowest BCUT2D eigenvalue weighted by Gasteiger charge is -2.27. The number of fused-ring (bicyclic) bond motifs is 1. The van der Waals surface area contributed by atoms with Crippen LogP contribution in [0.15, 0.2) is 22.6 Å². The number of hydrogen-bond acceptors (Lipinski definition) is 3. The van der Waals surface area contributed by atoms with Gasteiger partial charge in [-0.05, 0) is 49.8 Å². The molecule has 0 atom stereocenters. The normalized spacial score (nSPS) is 23.7. The first-order valence-electron chi connectivity index (χ1n) is 7.40. The van der Waals surface area contributed by atoms with Gasteiger partial charge in [-0.2, -0.15) is 0 Å². The molecule has 3 nitrogen and oxygen atoms in total. The van der Waals surface area contributed by atoms with Gasteiger partial charge in [-0.15, -0.1) is 0 Å². The van der Waals surface area contributed by atoms with E-state index in [1.807, 2.05) is 6.07 Å². The van der Waals surface area contributed by atoms with Crippen molar-refractivity contribution in [3.8, 4) is 0 Å². The van der Waals surface area contributed by atoms with E-state index in [1.165, 1.54) is 31.4 Å². The van der Waals surface area contributed by atoms with Crippen LogP contribution >= 0.6 is 0 Å². The van der Waals surface area contributed by atoms with E-state index in [0.717, 1.165) is 29.3 Å². The summed E-state index contributed by atoms with van der Waals surface area (Å²) >= 11 is 0. The molecule has 2 aromatic rings. The van der Waals surface area contributed by atoms with Crippen molar-refractivity contribution in [2.24, 2.45) is 5.92 Å². The Balaban J connectivity index is 1.74. The van der Waals surface area contributed by atoms with Gasteiger partial charge in [0.05, 0.1) is 0 Å². The molecular weight excluding hydrogens is 236 g/mol. The van der Waals surface area contributed by atoms with Crippen molar-refractivity contribution in [3.63, 3.8) is 0 Å². The summed E-state index contributed by atoms with van der Waals surface area (Å²) in [7, 11) is 0. The molecule has 102 valence electrons. The predicted octanol–water partition coefficient (Wildman–Crippen LogP) is 4.38. The molecule has 0 radical (unpaired) electrons. The number of rotatable bonds is 3. The molecule has 1 heterocycles. The third-order valence-electron chi connectivity index (χ3n) is 4.12. The zero-order valence-electron chi connectivity index (χ0n) is 11.8. The number of nitrogens with zero attached hydrogens (tertiary/aromatic N) is 1. The van der Waals surface area contributed by atoms with Crippen LogP contribution in [0.1, 0.15) is 45.4 Å². The van der Waals surface area contributed by atoms with Crippen LogP contribution in [-0.4, -0.2) is 11.0 Å². The topological polar surface area (TPSA) is 38.1 Å². The lowest BCUT2D eigenvalue weighted by Crippen LogP contribution is -2.25. The second kappa shape index (κ2) is 5.24. The van der Waals surface area contributed by atoms with Crippen LogP contribution < -0.4 is 5.32 Å². The Labute approximate surface area is 114 Å². The van der Waals surface area contributed by atoms with Crippen LogP contribution in [0.3, 0.4) is 0 Å². The Morgan fingerprint density at radius 3 is 2.79 bits per heavy atom. The Morgan fingerprint density at radius 2 is 2.05 bits per heavy atom. The molecular formula is C16H22N2O. The molecule has 0 saturated heterocycles. The summed E-state index contributed by atoms with van der Waals surface area (Å²) in [5, 5.41) is 3.64. The zero-order valence-corrected chi connectivity index (χ0v) is 11.8. The summed E-state index contributed by atoms with van der Waals surface area (Å²) in [6.45, 7) is 4.41. The molecule has 1 aliphatic rings. The van der Waals surface area contributed by atoms with Crippen LogP contribution in [0.25, 0.3) is 11.1 Å². The van der Waals surface area contributed by atoms with E-state index in [9.17, 15) is 0 Å². The number of oxazole rings is 1. The number of hydrogen-bond donors (Lipinski definition) is 1. The Morgan fingerprint density at radius 1 is 1.26 bits per heavy atom. The van der Waals surface area contributed by atoms with Crippen molar-refractivity contribution in [2.75, 3.05) is 5.32 Å². The van der Waals surface area contributed by atoms with Crippen molar-refractivity contribution in [3.05, 3.63) is 24.1 Å². The maximum absolute atomic E-state index is 5.64. The lowest BCUT2D eigenvalue weighted by atomic mass is 9.87. The average Bonchev–Trinajstić information content (AvgIpc) is 2.83. The molecule has 0 aliphatic heterocycles. The molecule has 1 aromatic heterocycles. The highest BCUT2D eigenvalue weighted by Gasteiger charge is 2.18. The average molecular weight is 258 g/mol. The van der Waals surface area contributed by atoms with Gasteiger partial charge in [-0.25, -0.2) is 4.98 Å². The quantitative estimate of drug-likeness (QED) is 0.887. The fraction of sp³-hybridized carbons (Fsp3) is 0.562. The maximum Gasteiger partial charge on any atom is 0.195 e. The van der Waals surface area contributed by atoms with Gasteiger partial charge in [-0.3, -0.25) is 0 Å². The summed E-state index contributed by atoms with van der Waals surface area (Å²) in [4.78, 5) is 4.49. The first kappa shape index (κ1) is 12.5. The largest absolute Gasteiger partial charge is 0.441 e. The fourth-order valence-electron chi connectivity index (χ4n) is 2.86. The minimum absolute atomic E-state index is 0.617. The van der Waals surface area contributed by atoms with Crippen LogP contribution in [0.5, 0.6) is 0 Å². The second-order valence-corrected chi connectivity index (χ2v) is 5.74. The van der Waals surface area contributed by atoms with Crippen molar-refractivity contribution in [1.29, 1.82) is 0 Å². The molecule has 1 fully saturated rings. The first-order valence-corrected chi connectivity index (χ1v) is 7.40. The molecule has 1 aromatic carbocycles. The van der Waals surface area contributed by atoms with Crippen LogP contribution in [0, 0.1) is 5.92 Å². The molecule has 3 rings (SSSR count). The Bertz CT molecular complexity index is 553. The molecule has 1 aliphatic carbocycles. The van der Waals surface area contributed by atoms with Gasteiger partial charge >= 0.3 is 0 Å².